The number of rotatable bonds is 4. The van der Waals surface area contributed by atoms with Gasteiger partial charge in [-0.25, -0.2) is 0 Å². The number of carbonyl (C=O) groups excluding carboxylic acids is 2. The molecule has 5 nitrogen and oxygen atoms in total. The molecule has 1 amide bonds. The van der Waals surface area contributed by atoms with Crippen molar-refractivity contribution in [1.29, 1.82) is 0 Å². The van der Waals surface area contributed by atoms with Crippen LogP contribution >= 0.6 is 11.3 Å². The number of hydrogen-bond donors (Lipinski definition) is 2. The number of fused-ring (bicyclic) bond motifs is 1. The number of pyridine rings is 1. The second-order valence-electron chi connectivity index (χ2n) is 6.39. The maximum Gasteiger partial charge on any atom is 0.261 e. The Morgan fingerprint density at radius 3 is 2.75 bits per heavy atom. The van der Waals surface area contributed by atoms with Crippen molar-refractivity contribution >= 4 is 23.0 Å². The number of hydrogen-bond acceptors (Lipinski definition) is 4. The summed E-state index contributed by atoms with van der Waals surface area (Å²) in [7, 11) is 0. The Hall–Kier alpha value is -2.21. The molecule has 0 bridgehead atoms. The van der Waals surface area contributed by atoms with Gasteiger partial charge in [0.1, 0.15) is 5.56 Å². The summed E-state index contributed by atoms with van der Waals surface area (Å²) in [5.41, 5.74) is 0.690. The van der Waals surface area contributed by atoms with E-state index in [2.05, 4.69) is 10.3 Å². The molecule has 1 aliphatic carbocycles. The molecule has 2 aromatic heterocycles. The van der Waals surface area contributed by atoms with Gasteiger partial charge >= 0.3 is 0 Å². The van der Waals surface area contributed by atoms with Crippen LogP contribution in [0.4, 0.5) is 0 Å². The smallest absolute Gasteiger partial charge is 0.261 e. The van der Waals surface area contributed by atoms with Crippen LogP contribution in [-0.4, -0.2) is 16.7 Å². The van der Waals surface area contributed by atoms with Gasteiger partial charge in [-0.3, -0.25) is 14.4 Å². The van der Waals surface area contributed by atoms with Crippen LogP contribution in [0.25, 0.3) is 0 Å². The standard InChI is InChI=1S/C18H20N2O3S/c1-10(2)16(15-7-4-8-24-15)20-18(23)12-9-11-13(19-17(12)22)5-3-6-14(11)21/h4,7-10,16H,3,5-6H2,1-2H3,(H,19,22)(H,20,23). The first kappa shape index (κ1) is 16.6. The summed E-state index contributed by atoms with van der Waals surface area (Å²) < 4.78 is 0. The third-order valence-corrected chi connectivity index (χ3v) is 5.26. The molecule has 3 rings (SSSR count). The molecule has 2 aromatic rings. The van der Waals surface area contributed by atoms with E-state index in [0.717, 1.165) is 11.3 Å². The minimum Gasteiger partial charge on any atom is -0.344 e. The van der Waals surface area contributed by atoms with Gasteiger partial charge in [-0.1, -0.05) is 19.9 Å². The lowest BCUT2D eigenvalue weighted by Crippen LogP contribution is -2.35. The summed E-state index contributed by atoms with van der Waals surface area (Å²) >= 11 is 1.57. The molecule has 1 atom stereocenters. The summed E-state index contributed by atoms with van der Waals surface area (Å²) in [4.78, 5) is 40.7. The fourth-order valence-corrected chi connectivity index (χ4v) is 3.95. The van der Waals surface area contributed by atoms with Gasteiger partial charge in [0.2, 0.25) is 0 Å². The molecule has 0 saturated heterocycles. The quantitative estimate of drug-likeness (QED) is 0.894. The minimum absolute atomic E-state index is 0.00575. The van der Waals surface area contributed by atoms with E-state index in [1.807, 2.05) is 31.4 Å². The van der Waals surface area contributed by atoms with Gasteiger partial charge in [-0.15, -0.1) is 11.3 Å². The largest absolute Gasteiger partial charge is 0.344 e. The molecule has 0 aromatic carbocycles. The number of carbonyl (C=O) groups is 2. The maximum atomic E-state index is 12.6. The molecule has 1 unspecified atom stereocenters. The van der Waals surface area contributed by atoms with Gasteiger partial charge in [-0.2, -0.15) is 0 Å². The Morgan fingerprint density at radius 2 is 2.08 bits per heavy atom. The van der Waals surface area contributed by atoms with Gasteiger partial charge < -0.3 is 10.3 Å². The van der Waals surface area contributed by atoms with Crippen molar-refractivity contribution in [2.24, 2.45) is 5.92 Å². The normalized spacial score (nSPS) is 15.2. The second-order valence-corrected chi connectivity index (χ2v) is 7.37. The molecule has 0 spiro atoms. The highest BCUT2D eigenvalue weighted by Gasteiger charge is 2.25. The molecule has 0 saturated carbocycles. The summed E-state index contributed by atoms with van der Waals surface area (Å²) in [6.07, 6.45) is 1.87. The fraction of sp³-hybridized carbons (Fsp3) is 0.389. The number of Topliss-reactive ketones (excluding diaryl/α,β-unsaturated/α-hetero) is 1. The van der Waals surface area contributed by atoms with Crippen LogP contribution in [0.3, 0.4) is 0 Å². The first-order valence-electron chi connectivity index (χ1n) is 8.11. The number of aromatic amines is 1. The first-order valence-corrected chi connectivity index (χ1v) is 8.99. The SMILES string of the molecule is CC(C)C(NC(=O)c1cc2c([nH]c1=O)CCCC2=O)c1cccs1. The molecule has 24 heavy (non-hydrogen) atoms. The van der Waals surface area contributed by atoms with Gasteiger partial charge in [0.25, 0.3) is 11.5 Å². The van der Waals surface area contributed by atoms with E-state index in [1.165, 1.54) is 6.07 Å². The zero-order chi connectivity index (χ0) is 17.3. The summed E-state index contributed by atoms with van der Waals surface area (Å²) in [6, 6.07) is 5.20. The summed E-state index contributed by atoms with van der Waals surface area (Å²) in [5, 5.41) is 4.90. The molecule has 2 N–H and O–H groups in total. The zero-order valence-corrected chi connectivity index (χ0v) is 14.5. The lowest BCUT2D eigenvalue weighted by atomic mass is 9.93. The molecular formula is C18H20N2O3S. The topological polar surface area (TPSA) is 79.0 Å². The summed E-state index contributed by atoms with van der Waals surface area (Å²) in [5.74, 6) is -0.268. The van der Waals surface area contributed by atoms with E-state index in [9.17, 15) is 14.4 Å². The molecule has 126 valence electrons. The van der Waals surface area contributed by atoms with Crippen molar-refractivity contribution in [3.8, 4) is 0 Å². The van der Waals surface area contributed by atoms with Crippen LogP contribution in [0.2, 0.25) is 0 Å². The van der Waals surface area contributed by atoms with Crippen molar-refractivity contribution in [2.45, 2.75) is 39.2 Å². The molecule has 0 radical (unpaired) electrons. The molecule has 0 aliphatic heterocycles. The Morgan fingerprint density at radius 1 is 1.29 bits per heavy atom. The fourth-order valence-electron chi connectivity index (χ4n) is 3.00. The predicted molar refractivity (Wildman–Crippen MR) is 93.7 cm³/mol. The molecule has 6 heteroatoms. The Kier molecular flexibility index (Phi) is 4.66. The van der Waals surface area contributed by atoms with Crippen molar-refractivity contribution in [1.82, 2.24) is 10.3 Å². The zero-order valence-electron chi connectivity index (χ0n) is 13.7. The van der Waals surface area contributed by atoms with E-state index < -0.39 is 11.5 Å². The van der Waals surface area contributed by atoms with E-state index in [1.54, 1.807) is 11.3 Å². The Balaban J connectivity index is 1.91. The third kappa shape index (κ3) is 3.19. The molecular weight excluding hydrogens is 324 g/mol. The number of aryl methyl sites for hydroxylation is 1. The van der Waals surface area contributed by atoms with E-state index in [-0.39, 0.29) is 23.3 Å². The minimum atomic E-state index is -0.440. The van der Waals surface area contributed by atoms with Crippen molar-refractivity contribution in [3.05, 3.63) is 55.6 Å². The molecule has 2 heterocycles. The van der Waals surface area contributed by atoms with Crippen LogP contribution < -0.4 is 10.9 Å². The first-order chi connectivity index (χ1) is 11.5. The van der Waals surface area contributed by atoms with Crippen molar-refractivity contribution in [3.63, 3.8) is 0 Å². The average molecular weight is 344 g/mol. The number of aromatic nitrogens is 1. The van der Waals surface area contributed by atoms with Gasteiger partial charge in [0.15, 0.2) is 5.78 Å². The number of ketones is 1. The van der Waals surface area contributed by atoms with Crippen LogP contribution in [0.5, 0.6) is 0 Å². The van der Waals surface area contributed by atoms with Crippen LogP contribution in [0.15, 0.2) is 28.4 Å². The van der Waals surface area contributed by atoms with Crippen molar-refractivity contribution in [2.75, 3.05) is 0 Å². The van der Waals surface area contributed by atoms with E-state index in [4.69, 9.17) is 0 Å². The van der Waals surface area contributed by atoms with E-state index in [0.29, 0.717) is 24.1 Å². The predicted octanol–water partition coefficient (Wildman–Crippen LogP) is 3.08. The highest BCUT2D eigenvalue weighted by Crippen LogP contribution is 2.26. The Labute approximate surface area is 144 Å². The lowest BCUT2D eigenvalue weighted by molar-refractivity contribution is 0.0925. The number of H-pyrrole nitrogens is 1. The number of nitrogens with one attached hydrogen (secondary N) is 2. The van der Waals surface area contributed by atoms with Gasteiger partial charge in [-0.05, 0) is 36.3 Å². The Bertz CT molecular complexity index is 821. The molecule has 0 fully saturated rings. The third-order valence-electron chi connectivity index (χ3n) is 4.30. The second kappa shape index (κ2) is 6.73. The van der Waals surface area contributed by atoms with E-state index >= 15 is 0 Å². The maximum absolute atomic E-state index is 12.6. The number of thiophene rings is 1. The highest BCUT2D eigenvalue weighted by molar-refractivity contribution is 7.10. The van der Waals surface area contributed by atoms with Crippen LogP contribution in [0.1, 0.15) is 64.0 Å². The van der Waals surface area contributed by atoms with Gasteiger partial charge in [0, 0.05) is 22.6 Å². The highest BCUT2D eigenvalue weighted by atomic mass is 32.1. The van der Waals surface area contributed by atoms with Crippen molar-refractivity contribution < 1.29 is 9.59 Å². The van der Waals surface area contributed by atoms with Gasteiger partial charge in [0.05, 0.1) is 6.04 Å². The lowest BCUT2D eigenvalue weighted by Gasteiger charge is -2.21. The monoisotopic (exact) mass is 344 g/mol. The number of amides is 1. The summed E-state index contributed by atoms with van der Waals surface area (Å²) in [6.45, 7) is 4.04. The van der Waals surface area contributed by atoms with Crippen LogP contribution in [-0.2, 0) is 6.42 Å². The average Bonchev–Trinajstić information content (AvgIpc) is 3.05. The molecule has 1 aliphatic rings. The van der Waals surface area contributed by atoms with Crippen LogP contribution in [0, 0.1) is 5.92 Å².